The molecule has 1 saturated heterocycles. The lowest BCUT2D eigenvalue weighted by molar-refractivity contribution is -0.129. The molecule has 102 valence electrons. The summed E-state index contributed by atoms with van der Waals surface area (Å²) in [6.07, 6.45) is 7.74. The van der Waals surface area contributed by atoms with E-state index in [1.54, 1.807) is 0 Å². The predicted molar refractivity (Wildman–Crippen MR) is 70.0 cm³/mol. The molecule has 2 rings (SSSR count). The zero-order valence-electron chi connectivity index (χ0n) is 11.2. The molecule has 2 N–H and O–H groups in total. The second-order valence-electron chi connectivity index (χ2n) is 5.83. The summed E-state index contributed by atoms with van der Waals surface area (Å²) < 4.78 is 0. The smallest absolute Gasteiger partial charge is 0.242 e. The Morgan fingerprint density at radius 2 is 1.89 bits per heavy atom. The van der Waals surface area contributed by atoms with E-state index in [-0.39, 0.29) is 17.9 Å². The molecule has 0 spiro atoms. The third-order valence-corrected chi connectivity index (χ3v) is 4.16. The van der Waals surface area contributed by atoms with Gasteiger partial charge in [0.25, 0.3) is 0 Å². The number of amides is 2. The van der Waals surface area contributed by atoms with Crippen molar-refractivity contribution >= 4 is 11.8 Å². The van der Waals surface area contributed by atoms with Crippen molar-refractivity contribution in [1.82, 2.24) is 10.6 Å². The Hall–Kier alpha value is -1.06. The van der Waals surface area contributed by atoms with Crippen LogP contribution < -0.4 is 10.6 Å². The Balaban J connectivity index is 1.81. The van der Waals surface area contributed by atoms with Gasteiger partial charge in [-0.2, -0.15) is 0 Å². The van der Waals surface area contributed by atoms with E-state index >= 15 is 0 Å². The van der Waals surface area contributed by atoms with Crippen LogP contribution in [0.2, 0.25) is 0 Å². The minimum atomic E-state index is -0.306. The van der Waals surface area contributed by atoms with Crippen LogP contribution in [0.5, 0.6) is 0 Å². The molecular weight excluding hydrogens is 228 g/mol. The maximum absolute atomic E-state index is 12.1. The maximum atomic E-state index is 12.1. The summed E-state index contributed by atoms with van der Waals surface area (Å²) in [5.41, 5.74) is 0. The van der Waals surface area contributed by atoms with Gasteiger partial charge in [0.05, 0.1) is 0 Å². The summed E-state index contributed by atoms with van der Waals surface area (Å²) in [6, 6.07) is 0.00760. The molecule has 1 aliphatic carbocycles. The van der Waals surface area contributed by atoms with Crippen LogP contribution in [0.1, 0.15) is 58.3 Å². The van der Waals surface area contributed by atoms with Crippen LogP contribution in [0.15, 0.2) is 0 Å². The van der Waals surface area contributed by atoms with E-state index in [0.717, 1.165) is 38.0 Å². The van der Waals surface area contributed by atoms with Crippen molar-refractivity contribution in [3.05, 3.63) is 0 Å². The van der Waals surface area contributed by atoms with Crippen molar-refractivity contribution < 1.29 is 9.59 Å². The van der Waals surface area contributed by atoms with E-state index in [2.05, 4.69) is 17.6 Å². The Morgan fingerprint density at radius 1 is 1.17 bits per heavy atom. The van der Waals surface area contributed by atoms with Gasteiger partial charge >= 0.3 is 0 Å². The number of hydrogen-bond donors (Lipinski definition) is 2. The van der Waals surface area contributed by atoms with Crippen molar-refractivity contribution in [3.63, 3.8) is 0 Å². The van der Waals surface area contributed by atoms with E-state index < -0.39 is 0 Å². The largest absolute Gasteiger partial charge is 0.352 e. The molecule has 0 aromatic heterocycles. The lowest BCUT2D eigenvalue weighted by Gasteiger charge is -2.28. The van der Waals surface area contributed by atoms with E-state index in [1.807, 2.05) is 0 Å². The normalized spacial score (nSPS) is 33.4. The summed E-state index contributed by atoms with van der Waals surface area (Å²) in [5, 5.41) is 5.93. The zero-order chi connectivity index (χ0) is 13.0. The van der Waals surface area contributed by atoms with Crippen LogP contribution >= 0.6 is 0 Å². The summed E-state index contributed by atoms with van der Waals surface area (Å²) in [5.74, 6) is 0.824. The number of nitrogens with one attached hydrogen (secondary N) is 2. The van der Waals surface area contributed by atoms with Crippen molar-refractivity contribution in [1.29, 1.82) is 0 Å². The molecule has 2 aliphatic rings. The van der Waals surface area contributed by atoms with Gasteiger partial charge in [-0.05, 0) is 44.4 Å². The molecule has 4 heteroatoms. The Morgan fingerprint density at radius 3 is 2.61 bits per heavy atom. The minimum Gasteiger partial charge on any atom is -0.352 e. The molecule has 1 heterocycles. The molecule has 0 aromatic carbocycles. The molecule has 1 aliphatic heterocycles. The van der Waals surface area contributed by atoms with Crippen LogP contribution in [0.25, 0.3) is 0 Å². The minimum absolute atomic E-state index is 0.0183. The Kier molecular flexibility index (Phi) is 4.61. The van der Waals surface area contributed by atoms with Crippen molar-refractivity contribution in [3.8, 4) is 0 Å². The summed E-state index contributed by atoms with van der Waals surface area (Å²) in [4.78, 5) is 23.6. The predicted octanol–water partition coefficient (Wildman–Crippen LogP) is 1.74. The van der Waals surface area contributed by atoms with Crippen LogP contribution in [0, 0.1) is 5.92 Å². The fourth-order valence-corrected chi connectivity index (χ4v) is 2.88. The first-order valence-electron chi connectivity index (χ1n) is 7.25. The number of carbonyl (C=O) groups excluding carboxylic acids is 2. The molecule has 0 radical (unpaired) electrons. The fourth-order valence-electron chi connectivity index (χ4n) is 2.88. The van der Waals surface area contributed by atoms with Gasteiger partial charge in [-0.25, -0.2) is 0 Å². The number of rotatable bonds is 2. The van der Waals surface area contributed by atoms with E-state index in [4.69, 9.17) is 0 Å². The monoisotopic (exact) mass is 252 g/mol. The third kappa shape index (κ3) is 3.72. The quantitative estimate of drug-likeness (QED) is 0.786. The molecule has 4 nitrogen and oxygen atoms in total. The fraction of sp³-hybridized carbons (Fsp3) is 0.857. The summed E-state index contributed by atoms with van der Waals surface area (Å²) in [6.45, 7) is 2.27. The first-order chi connectivity index (χ1) is 8.65. The standard InChI is InChI=1S/C14H24N2O2/c1-10-6-8-11(9-7-10)15-14(18)12-4-2-3-5-13(17)16-12/h10-12H,2-9H2,1H3,(H,15,18)(H,16,17). The molecular formula is C14H24N2O2. The van der Waals surface area contributed by atoms with Crippen molar-refractivity contribution in [2.45, 2.75) is 70.4 Å². The van der Waals surface area contributed by atoms with Gasteiger partial charge in [0, 0.05) is 12.5 Å². The van der Waals surface area contributed by atoms with Crippen molar-refractivity contribution in [2.24, 2.45) is 5.92 Å². The van der Waals surface area contributed by atoms with Gasteiger partial charge in [0.1, 0.15) is 6.04 Å². The van der Waals surface area contributed by atoms with Gasteiger partial charge in [-0.3, -0.25) is 9.59 Å². The van der Waals surface area contributed by atoms with Gasteiger partial charge in [0.2, 0.25) is 11.8 Å². The van der Waals surface area contributed by atoms with E-state index in [9.17, 15) is 9.59 Å². The molecule has 18 heavy (non-hydrogen) atoms. The third-order valence-electron chi connectivity index (χ3n) is 4.16. The highest BCUT2D eigenvalue weighted by molar-refractivity contribution is 5.88. The van der Waals surface area contributed by atoms with Gasteiger partial charge < -0.3 is 10.6 Å². The average Bonchev–Trinajstić information content (AvgIpc) is 2.57. The highest BCUT2D eigenvalue weighted by atomic mass is 16.2. The van der Waals surface area contributed by atoms with E-state index in [1.165, 1.54) is 12.8 Å². The molecule has 0 bridgehead atoms. The summed E-state index contributed by atoms with van der Waals surface area (Å²) >= 11 is 0. The topological polar surface area (TPSA) is 58.2 Å². The first kappa shape index (κ1) is 13.4. The van der Waals surface area contributed by atoms with E-state index in [0.29, 0.717) is 12.5 Å². The Bertz CT molecular complexity index is 309. The average molecular weight is 252 g/mol. The van der Waals surface area contributed by atoms with Gasteiger partial charge in [-0.1, -0.05) is 13.3 Å². The van der Waals surface area contributed by atoms with Crippen LogP contribution in [0.3, 0.4) is 0 Å². The van der Waals surface area contributed by atoms with Crippen LogP contribution in [-0.4, -0.2) is 23.9 Å². The molecule has 2 amide bonds. The molecule has 1 atom stereocenters. The maximum Gasteiger partial charge on any atom is 0.242 e. The zero-order valence-corrected chi connectivity index (χ0v) is 11.2. The Labute approximate surface area is 109 Å². The summed E-state index contributed by atoms with van der Waals surface area (Å²) in [7, 11) is 0. The number of carbonyl (C=O) groups is 2. The highest BCUT2D eigenvalue weighted by Crippen LogP contribution is 2.23. The molecule has 1 saturated carbocycles. The molecule has 2 fully saturated rings. The van der Waals surface area contributed by atoms with Gasteiger partial charge in [0.15, 0.2) is 0 Å². The lowest BCUT2D eigenvalue weighted by atomic mass is 9.87. The SMILES string of the molecule is CC1CCC(NC(=O)C2CCCCC(=O)N2)CC1. The highest BCUT2D eigenvalue weighted by Gasteiger charge is 2.26. The van der Waals surface area contributed by atoms with Crippen LogP contribution in [0.4, 0.5) is 0 Å². The van der Waals surface area contributed by atoms with Crippen molar-refractivity contribution in [2.75, 3.05) is 0 Å². The molecule has 1 unspecified atom stereocenters. The second kappa shape index (κ2) is 6.21. The van der Waals surface area contributed by atoms with Crippen LogP contribution in [-0.2, 0) is 9.59 Å². The second-order valence-corrected chi connectivity index (χ2v) is 5.83. The van der Waals surface area contributed by atoms with Gasteiger partial charge in [-0.15, -0.1) is 0 Å². The molecule has 0 aromatic rings. The number of hydrogen-bond acceptors (Lipinski definition) is 2. The lowest BCUT2D eigenvalue weighted by Crippen LogP contribution is -2.49. The first-order valence-corrected chi connectivity index (χ1v) is 7.25.